The average molecular weight is 450 g/mol. The molecule has 4 rings (SSSR count). The lowest BCUT2D eigenvalue weighted by molar-refractivity contribution is 0.0997. The number of fused-ring (bicyclic) bond motifs is 1. The van der Waals surface area contributed by atoms with Gasteiger partial charge >= 0.3 is 0 Å². The number of sulfonamides is 1. The molecule has 0 saturated carbocycles. The van der Waals surface area contributed by atoms with E-state index in [0.717, 1.165) is 29.5 Å². The van der Waals surface area contributed by atoms with Gasteiger partial charge in [0.1, 0.15) is 0 Å². The summed E-state index contributed by atoms with van der Waals surface area (Å²) in [6, 6.07) is 11.6. The number of halogens is 1. The molecule has 0 aliphatic carbocycles. The summed E-state index contributed by atoms with van der Waals surface area (Å²) in [5.41, 5.74) is 1.17. The van der Waals surface area contributed by atoms with Crippen molar-refractivity contribution in [3.63, 3.8) is 0 Å². The van der Waals surface area contributed by atoms with Crippen LogP contribution < -0.4 is 4.80 Å². The second kappa shape index (κ2) is 8.02. The Balaban J connectivity index is 1.69. The molecule has 0 spiro atoms. The van der Waals surface area contributed by atoms with E-state index in [4.69, 9.17) is 11.6 Å². The van der Waals surface area contributed by atoms with Crippen molar-refractivity contribution in [3.05, 3.63) is 57.9 Å². The van der Waals surface area contributed by atoms with Gasteiger partial charge in [-0.05, 0) is 49.2 Å². The number of aromatic nitrogens is 1. The third-order valence-electron chi connectivity index (χ3n) is 5.00. The maximum absolute atomic E-state index is 12.9. The zero-order chi connectivity index (χ0) is 20.6. The highest BCUT2D eigenvalue weighted by molar-refractivity contribution is 7.89. The van der Waals surface area contributed by atoms with E-state index in [9.17, 15) is 13.2 Å². The Bertz CT molecular complexity index is 1260. The number of benzene rings is 2. The summed E-state index contributed by atoms with van der Waals surface area (Å²) in [5.74, 6) is -0.478. The summed E-state index contributed by atoms with van der Waals surface area (Å²) in [5, 5.41) is 0.618. The fraction of sp³-hybridized carbons (Fsp3) is 0.300. The van der Waals surface area contributed by atoms with Crippen LogP contribution in [0.25, 0.3) is 10.2 Å². The first kappa shape index (κ1) is 20.3. The van der Waals surface area contributed by atoms with Gasteiger partial charge in [-0.25, -0.2) is 8.42 Å². The number of carbonyl (C=O) groups excluding carboxylic acids is 1. The fourth-order valence-electron chi connectivity index (χ4n) is 3.41. The maximum Gasteiger partial charge on any atom is 0.279 e. The smallest absolute Gasteiger partial charge is 0.279 e. The molecule has 2 aromatic carbocycles. The van der Waals surface area contributed by atoms with Crippen LogP contribution in [0.2, 0.25) is 5.02 Å². The number of carbonyl (C=O) groups is 1. The van der Waals surface area contributed by atoms with Gasteiger partial charge < -0.3 is 4.57 Å². The minimum atomic E-state index is -3.60. The van der Waals surface area contributed by atoms with Crippen LogP contribution in [0.1, 0.15) is 29.6 Å². The molecular formula is C20H20ClN3O3S2. The van der Waals surface area contributed by atoms with Gasteiger partial charge in [-0.3, -0.25) is 4.79 Å². The Hall–Kier alpha value is -2.00. The molecule has 0 bridgehead atoms. The van der Waals surface area contributed by atoms with E-state index in [2.05, 4.69) is 4.99 Å². The number of hydrogen-bond acceptors (Lipinski definition) is 4. The first-order valence-corrected chi connectivity index (χ1v) is 11.9. The van der Waals surface area contributed by atoms with Crippen molar-refractivity contribution >= 4 is 49.1 Å². The predicted octanol–water partition coefficient (Wildman–Crippen LogP) is 3.81. The lowest BCUT2D eigenvalue weighted by atomic mass is 10.2. The predicted molar refractivity (Wildman–Crippen MR) is 115 cm³/mol. The van der Waals surface area contributed by atoms with Gasteiger partial charge in [-0.15, -0.1) is 0 Å². The van der Waals surface area contributed by atoms with Crippen LogP contribution in [-0.2, 0) is 17.1 Å². The molecule has 3 aromatic rings. The molecule has 1 aliphatic heterocycles. The van der Waals surface area contributed by atoms with Crippen LogP contribution in [0.15, 0.2) is 52.4 Å². The highest BCUT2D eigenvalue weighted by Gasteiger charge is 2.26. The molecule has 1 aliphatic rings. The molecule has 1 fully saturated rings. The standard InChI is InChI=1S/C20H20ClN3O3S2/c1-23-17-9-8-15(21)13-18(17)28-20(23)22-19(25)14-6-5-7-16(12-14)29(26,27)24-10-3-2-4-11-24/h5-9,12-13H,2-4,10-11H2,1H3. The first-order valence-electron chi connectivity index (χ1n) is 9.30. The van der Waals surface area contributed by atoms with Crippen LogP contribution in [0.5, 0.6) is 0 Å². The van der Waals surface area contributed by atoms with E-state index >= 15 is 0 Å². The van der Waals surface area contributed by atoms with Crippen molar-refractivity contribution in [2.24, 2.45) is 12.0 Å². The molecule has 152 valence electrons. The zero-order valence-electron chi connectivity index (χ0n) is 15.8. The molecule has 2 heterocycles. The van der Waals surface area contributed by atoms with Crippen LogP contribution >= 0.6 is 22.9 Å². The third kappa shape index (κ3) is 4.02. The van der Waals surface area contributed by atoms with Gasteiger partial charge in [0.25, 0.3) is 5.91 Å². The summed E-state index contributed by atoms with van der Waals surface area (Å²) in [6.07, 6.45) is 2.76. The van der Waals surface area contributed by atoms with E-state index in [0.29, 0.717) is 22.9 Å². The topological polar surface area (TPSA) is 71.7 Å². The number of hydrogen-bond donors (Lipinski definition) is 0. The lowest BCUT2D eigenvalue weighted by Crippen LogP contribution is -2.35. The average Bonchev–Trinajstić information content (AvgIpc) is 3.03. The molecule has 0 atom stereocenters. The Morgan fingerprint density at radius 1 is 1.10 bits per heavy atom. The fourth-order valence-corrected chi connectivity index (χ4v) is 6.27. The number of nitrogens with zero attached hydrogens (tertiary/aromatic N) is 3. The minimum absolute atomic E-state index is 0.132. The molecule has 1 saturated heterocycles. The van der Waals surface area contributed by atoms with Gasteiger partial charge in [0.15, 0.2) is 4.80 Å². The third-order valence-corrected chi connectivity index (χ3v) is 8.23. The maximum atomic E-state index is 12.9. The molecule has 9 heteroatoms. The van der Waals surface area contributed by atoms with Gasteiger partial charge in [0, 0.05) is 30.7 Å². The van der Waals surface area contributed by atoms with E-state index < -0.39 is 15.9 Å². The molecule has 0 N–H and O–H groups in total. The normalized spacial score (nSPS) is 16.4. The summed E-state index contributed by atoms with van der Waals surface area (Å²) in [6.45, 7) is 1.04. The molecule has 29 heavy (non-hydrogen) atoms. The monoisotopic (exact) mass is 449 g/mol. The summed E-state index contributed by atoms with van der Waals surface area (Å²) >= 11 is 7.40. The number of thiazole rings is 1. The molecule has 6 nitrogen and oxygen atoms in total. The Labute approximate surface area is 178 Å². The first-order chi connectivity index (χ1) is 13.9. The summed E-state index contributed by atoms with van der Waals surface area (Å²) in [4.78, 5) is 17.6. The van der Waals surface area contributed by atoms with E-state index in [1.807, 2.05) is 23.7 Å². The number of amides is 1. The number of aryl methyl sites for hydroxylation is 1. The van der Waals surface area contributed by atoms with Crippen LogP contribution in [0, 0.1) is 0 Å². The highest BCUT2D eigenvalue weighted by Crippen LogP contribution is 2.23. The van der Waals surface area contributed by atoms with Gasteiger partial charge in [-0.2, -0.15) is 9.30 Å². The Morgan fingerprint density at radius 3 is 2.62 bits per heavy atom. The molecule has 1 aromatic heterocycles. The number of piperidine rings is 1. The zero-order valence-corrected chi connectivity index (χ0v) is 18.2. The van der Waals surface area contributed by atoms with Crippen molar-refractivity contribution in [1.82, 2.24) is 8.87 Å². The van der Waals surface area contributed by atoms with E-state index in [1.165, 1.54) is 27.8 Å². The van der Waals surface area contributed by atoms with Crippen LogP contribution in [-0.4, -0.2) is 36.3 Å². The van der Waals surface area contributed by atoms with Crippen molar-refractivity contribution in [1.29, 1.82) is 0 Å². The van der Waals surface area contributed by atoms with Crippen LogP contribution in [0.4, 0.5) is 0 Å². The van der Waals surface area contributed by atoms with E-state index in [-0.39, 0.29) is 10.5 Å². The van der Waals surface area contributed by atoms with Gasteiger partial charge in [-0.1, -0.05) is 35.4 Å². The highest BCUT2D eigenvalue weighted by atomic mass is 35.5. The molecular weight excluding hydrogens is 430 g/mol. The van der Waals surface area contributed by atoms with E-state index in [1.54, 1.807) is 18.2 Å². The molecule has 1 amide bonds. The quantitative estimate of drug-likeness (QED) is 0.610. The van der Waals surface area contributed by atoms with Gasteiger partial charge in [0.2, 0.25) is 10.0 Å². The summed E-state index contributed by atoms with van der Waals surface area (Å²) < 4.78 is 30.0. The molecule has 0 radical (unpaired) electrons. The molecule has 0 unspecified atom stereocenters. The van der Waals surface area contributed by atoms with Crippen LogP contribution in [0.3, 0.4) is 0 Å². The van der Waals surface area contributed by atoms with Crippen molar-refractivity contribution in [3.8, 4) is 0 Å². The Kier molecular flexibility index (Phi) is 5.61. The largest absolute Gasteiger partial charge is 0.319 e. The number of rotatable bonds is 3. The second-order valence-electron chi connectivity index (χ2n) is 6.97. The second-order valence-corrected chi connectivity index (χ2v) is 10.3. The van der Waals surface area contributed by atoms with Crippen molar-refractivity contribution in [2.75, 3.05) is 13.1 Å². The summed E-state index contributed by atoms with van der Waals surface area (Å²) in [7, 11) is -1.77. The van der Waals surface area contributed by atoms with Crippen molar-refractivity contribution < 1.29 is 13.2 Å². The minimum Gasteiger partial charge on any atom is -0.319 e. The van der Waals surface area contributed by atoms with Gasteiger partial charge in [0.05, 0.1) is 15.1 Å². The SMILES string of the molecule is Cn1c(=NC(=O)c2cccc(S(=O)(=O)N3CCCCC3)c2)sc2cc(Cl)ccc21. The van der Waals surface area contributed by atoms with Crippen molar-refractivity contribution in [2.45, 2.75) is 24.2 Å². The lowest BCUT2D eigenvalue weighted by Gasteiger charge is -2.25. The Morgan fingerprint density at radius 2 is 1.86 bits per heavy atom.